The molecule has 0 aliphatic rings. The monoisotopic (exact) mass is 681 g/mol. The maximum Gasteiger partial charge on any atom is 0.330 e. The number of carbonyl (C=O) groups is 2. The van der Waals surface area contributed by atoms with Crippen molar-refractivity contribution in [3.8, 4) is 5.75 Å². The summed E-state index contributed by atoms with van der Waals surface area (Å²) < 4.78 is 10.2. The molecule has 5 rings (SSSR count). The lowest BCUT2D eigenvalue weighted by atomic mass is 10.1. The summed E-state index contributed by atoms with van der Waals surface area (Å²) in [5.74, 6) is -0.429. The number of rotatable bonds is 16. The van der Waals surface area contributed by atoms with Gasteiger partial charge in [0.1, 0.15) is 5.75 Å². The van der Waals surface area contributed by atoms with E-state index in [1.54, 1.807) is 24.3 Å². The molecule has 258 valence electrons. The zero-order chi connectivity index (χ0) is 35.8. The van der Waals surface area contributed by atoms with Crippen molar-refractivity contribution in [2.75, 3.05) is 24.6 Å². The topological polar surface area (TPSA) is 130 Å². The third-order valence-corrected chi connectivity index (χ3v) is 7.79. The van der Waals surface area contributed by atoms with E-state index in [4.69, 9.17) is 9.47 Å². The van der Waals surface area contributed by atoms with E-state index in [9.17, 15) is 9.59 Å². The summed E-state index contributed by atoms with van der Waals surface area (Å²) in [6.07, 6.45) is 2.42. The van der Waals surface area contributed by atoms with Gasteiger partial charge in [0.2, 0.25) is 0 Å². The van der Waals surface area contributed by atoms with Gasteiger partial charge in [0.25, 0.3) is 0 Å². The number of fused-ring (bicyclic) bond motifs is 1. The molecule has 51 heavy (non-hydrogen) atoms. The molecule has 0 saturated heterocycles. The summed E-state index contributed by atoms with van der Waals surface area (Å²) in [6, 6.07) is 33.8. The Morgan fingerprint density at radius 3 is 1.59 bits per heavy atom. The number of nitrogens with zero attached hydrogens (tertiary/aromatic N) is 7. The van der Waals surface area contributed by atoms with E-state index in [0.717, 1.165) is 47.0 Å². The van der Waals surface area contributed by atoms with Gasteiger partial charge in [-0.2, -0.15) is 20.5 Å². The molecule has 0 aromatic heterocycles. The second-order valence-corrected chi connectivity index (χ2v) is 11.3. The fourth-order valence-corrected chi connectivity index (χ4v) is 5.05. The fraction of sp³-hybridized carbons (Fsp3) is 0.200. The number of hydrogen-bond acceptors (Lipinski definition) is 11. The molecule has 5 aromatic carbocycles. The quantitative estimate of drug-likeness (QED) is 0.0336. The number of unbranched alkanes of at least 4 members (excludes halogenated alkanes) is 1. The second-order valence-electron chi connectivity index (χ2n) is 11.3. The average Bonchev–Trinajstić information content (AvgIpc) is 3.17. The molecule has 5 aromatic rings. The number of ether oxygens (including phenoxy) is 2. The van der Waals surface area contributed by atoms with Crippen LogP contribution >= 0.6 is 0 Å². The van der Waals surface area contributed by atoms with Crippen LogP contribution in [-0.2, 0) is 14.3 Å². The lowest BCUT2D eigenvalue weighted by Crippen LogP contribution is -2.21. The van der Waals surface area contributed by atoms with Crippen molar-refractivity contribution in [2.45, 2.75) is 33.1 Å². The molecule has 0 unspecified atom stereocenters. The summed E-state index contributed by atoms with van der Waals surface area (Å²) in [7, 11) is 0. The van der Waals surface area contributed by atoms with Crippen LogP contribution in [0, 0.1) is 0 Å². The van der Waals surface area contributed by atoms with E-state index < -0.39 is 5.97 Å². The van der Waals surface area contributed by atoms with Crippen molar-refractivity contribution >= 4 is 62.5 Å². The van der Waals surface area contributed by atoms with E-state index in [1.165, 1.54) is 5.69 Å². The molecule has 0 N–H and O–H groups in total. The maximum atomic E-state index is 12.1. The third-order valence-electron chi connectivity index (χ3n) is 7.79. The number of azo groups is 3. The van der Waals surface area contributed by atoms with Crippen LogP contribution in [0.5, 0.6) is 5.75 Å². The molecular formula is C40H39N7O4. The van der Waals surface area contributed by atoms with Crippen LogP contribution in [0.4, 0.5) is 39.8 Å². The number of esters is 2. The standard InChI is InChI=1S/C40H39N7O4/c1-4-39(48)50-28-10-9-13-40(49)51-34-24-20-32(21-25-34)42-41-29-14-16-30(17-15-29)43-45-37-26-27-38(36-12-8-7-11-35(36)37)46-44-31-18-22-33(23-19-31)47(5-2)6-3/h4,7-8,11-12,14-27H,1,5-6,9-10,13,28H2,2-3H3. The molecule has 0 fully saturated rings. The molecule has 0 atom stereocenters. The van der Waals surface area contributed by atoms with Gasteiger partial charge in [-0.15, -0.1) is 10.2 Å². The van der Waals surface area contributed by atoms with Gasteiger partial charge in [-0.05, 0) is 112 Å². The predicted molar refractivity (Wildman–Crippen MR) is 200 cm³/mol. The van der Waals surface area contributed by atoms with Gasteiger partial charge in [-0.1, -0.05) is 30.8 Å². The molecular weight excluding hydrogens is 642 g/mol. The van der Waals surface area contributed by atoms with Crippen LogP contribution < -0.4 is 9.64 Å². The van der Waals surface area contributed by atoms with Crippen LogP contribution in [0.15, 0.2) is 153 Å². The van der Waals surface area contributed by atoms with Crippen LogP contribution in [-0.4, -0.2) is 31.6 Å². The molecule has 11 nitrogen and oxygen atoms in total. The molecule has 0 heterocycles. The summed E-state index contributed by atoms with van der Waals surface area (Å²) in [4.78, 5) is 25.4. The summed E-state index contributed by atoms with van der Waals surface area (Å²) in [5, 5.41) is 28.4. The van der Waals surface area contributed by atoms with Gasteiger partial charge in [0, 0.05) is 42.0 Å². The summed E-state index contributed by atoms with van der Waals surface area (Å²) >= 11 is 0. The highest BCUT2D eigenvalue weighted by Crippen LogP contribution is 2.35. The first-order valence-electron chi connectivity index (χ1n) is 16.8. The largest absolute Gasteiger partial charge is 0.463 e. The Labute approximate surface area is 297 Å². The van der Waals surface area contributed by atoms with Gasteiger partial charge in [-0.25, -0.2) is 4.79 Å². The van der Waals surface area contributed by atoms with E-state index in [-0.39, 0.29) is 19.0 Å². The van der Waals surface area contributed by atoms with Crippen molar-refractivity contribution in [1.82, 2.24) is 0 Å². The molecule has 0 bridgehead atoms. The van der Waals surface area contributed by atoms with Crippen molar-refractivity contribution in [2.24, 2.45) is 30.7 Å². The van der Waals surface area contributed by atoms with Crippen LogP contribution in [0.1, 0.15) is 33.1 Å². The Morgan fingerprint density at radius 2 is 1.10 bits per heavy atom. The minimum atomic E-state index is -0.477. The number of carbonyl (C=O) groups excluding carboxylic acids is 2. The van der Waals surface area contributed by atoms with Crippen LogP contribution in [0.3, 0.4) is 0 Å². The first-order chi connectivity index (χ1) is 24.9. The lowest BCUT2D eigenvalue weighted by molar-refractivity contribution is -0.137. The van der Waals surface area contributed by atoms with Gasteiger partial charge in [0.15, 0.2) is 0 Å². The van der Waals surface area contributed by atoms with Crippen molar-refractivity contribution < 1.29 is 19.1 Å². The van der Waals surface area contributed by atoms with Gasteiger partial charge in [-0.3, -0.25) is 4.79 Å². The van der Waals surface area contributed by atoms with Crippen LogP contribution in [0.25, 0.3) is 10.8 Å². The first kappa shape index (κ1) is 35.9. The van der Waals surface area contributed by atoms with Crippen molar-refractivity contribution in [1.29, 1.82) is 0 Å². The van der Waals surface area contributed by atoms with Crippen LogP contribution in [0.2, 0.25) is 0 Å². The lowest BCUT2D eigenvalue weighted by Gasteiger charge is -2.20. The molecule has 0 spiro atoms. The Bertz CT molecular complexity index is 2020. The average molecular weight is 682 g/mol. The minimum absolute atomic E-state index is 0.214. The van der Waals surface area contributed by atoms with E-state index in [1.807, 2.05) is 72.8 Å². The number of hydrogen-bond donors (Lipinski definition) is 0. The Morgan fingerprint density at radius 1 is 0.627 bits per heavy atom. The Balaban J connectivity index is 1.15. The number of benzene rings is 5. The van der Waals surface area contributed by atoms with Crippen molar-refractivity contribution in [3.63, 3.8) is 0 Å². The van der Waals surface area contributed by atoms with Crippen molar-refractivity contribution in [3.05, 3.63) is 122 Å². The van der Waals surface area contributed by atoms with E-state index >= 15 is 0 Å². The fourth-order valence-electron chi connectivity index (χ4n) is 5.05. The number of anilines is 1. The summed E-state index contributed by atoms with van der Waals surface area (Å²) in [5.41, 5.74) is 5.33. The maximum absolute atomic E-state index is 12.1. The highest BCUT2D eigenvalue weighted by Gasteiger charge is 2.08. The Hall–Kier alpha value is -6.36. The van der Waals surface area contributed by atoms with E-state index in [0.29, 0.717) is 35.7 Å². The Kier molecular flexibility index (Phi) is 13.0. The summed E-state index contributed by atoms with van der Waals surface area (Å²) in [6.45, 7) is 9.76. The predicted octanol–water partition coefficient (Wildman–Crippen LogP) is 11.7. The zero-order valence-corrected chi connectivity index (χ0v) is 28.7. The molecule has 0 radical (unpaired) electrons. The normalized spacial score (nSPS) is 11.4. The second kappa shape index (κ2) is 18.4. The van der Waals surface area contributed by atoms with Gasteiger partial charge < -0.3 is 14.4 Å². The van der Waals surface area contributed by atoms with Gasteiger partial charge in [0.05, 0.1) is 40.7 Å². The van der Waals surface area contributed by atoms with E-state index in [2.05, 4.69) is 68.1 Å². The highest BCUT2D eigenvalue weighted by molar-refractivity contribution is 5.99. The molecule has 0 amide bonds. The molecule has 0 saturated carbocycles. The minimum Gasteiger partial charge on any atom is -0.463 e. The molecule has 0 aliphatic carbocycles. The zero-order valence-electron chi connectivity index (χ0n) is 28.7. The molecule has 11 heteroatoms. The third kappa shape index (κ3) is 10.6. The molecule has 0 aliphatic heterocycles. The first-order valence-corrected chi connectivity index (χ1v) is 16.8. The SMILES string of the molecule is C=CC(=O)OCCCCC(=O)Oc1ccc(N=Nc2ccc(N=Nc3ccc(N=Nc4ccc(N(CC)CC)cc4)c4ccccc34)cc2)cc1. The highest BCUT2D eigenvalue weighted by atomic mass is 16.5. The van der Waals surface area contributed by atoms with Gasteiger partial charge >= 0.3 is 11.9 Å². The smallest absolute Gasteiger partial charge is 0.330 e.